The minimum atomic E-state index is -0.131. The summed E-state index contributed by atoms with van der Waals surface area (Å²) in [6.45, 7) is 2.08. The summed E-state index contributed by atoms with van der Waals surface area (Å²) in [6, 6.07) is 0. The topological polar surface area (TPSA) is 26.3 Å². The maximum atomic E-state index is 11.4. The second kappa shape index (κ2) is 4.86. The van der Waals surface area contributed by atoms with Gasteiger partial charge in [0.2, 0.25) is 0 Å². The van der Waals surface area contributed by atoms with E-state index in [-0.39, 0.29) is 5.41 Å². The van der Waals surface area contributed by atoms with Gasteiger partial charge in [-0.05, 0) is 31.8 Å². The van der Waals surface area contributed by atoms with Crippen LogP contribution in [0.15, 0.2) is 24.5 Å². The zero-order valence-electron chi connectivity index (χ0n) is 9.95. The molecule has 0 heterocycles. The van der Waals surface area contributed by atoms with Gasteiger partial charge in [0.25, 0.3) is 0 Å². The quantitative estimate of drug-likeness (QED) is 0.538. The number of carbonyl (C=O) groups excluding carboxylic acids is 1. The summed E-state index contributed by atoms with van der Waals surface area (Å²) in [5.74, 6) is 0.315. The zero-order valence-corrected chi connectivity index (χ0v) is 9.95. The number of carbonyl (C=O) groups is 1. The molecule has 0 saturated heterocycles. The molecule has 0 radical (unpaired) electrons. The highest BCUT2D eigenvalue weighted by Crippen LogP contribution is 2.30. The van der Waals surface area contributed by atoms with Gasteiger partial charge in [-0.1, -0.05) is 19.1 Å². The molecule has 16 heavy (non-hydrogen) atoms. The van der Waals surface area contributed by atoms with Gasteiger partial charge in [0, 0.05) is 18.3 Å². The summed E-state index contributed by atoms with van der Waals surface area (Å²) in [5, 5.41) is 0. The van der Waals surface area contributed by atoms with Gasteiger partial charge in [-0.25, -0.2) is 0 Å². The van der Waals surface area contributed by atoms with Crippen LogP contribution in [0.25, 0.3) is 0 Å². The average molecular weight is 220 g/mol. The largest absolute Gasteiger partial charge is 0.498 e. The van der Waals surface area contributed by atoms with Crippen LogP contribution in [0.3, 0.4) is 0 Å². The number of allylic oxidation sites excluding steroid dienone is 3. The van der Waals surface area contributed by atoms with Crippen molar-refractivity contribution in [3.63, 3.8) is 0 Å². The fourth-order valence-corrected chi connectivity index (χ4v) is 2.46. The van der Waals surface area contributed by atoms with Crippen molar-refractivity contribution < 1.29 is 9.53 Å². The molecule has 0 aromatic carbocycles. The standard InChI is InChI=1S/C14H20O2/c1-14(8-4-5-12(15)11-14)9-10-16-13-6-2-3-7-13/h4,8-10,13H,2-3,5-7,11H2,1H3. The first-order chi connectivity index (χ1) is 7.68. The first-order valence-corrected chi connectivity index (χ1v) is 6.20. The van der Waals surface area contributed by atoms with Crippen molar-refractivity contribution in [3.8, 4) is 0 Å². The summed E-state index contributed by atoms with van der Waals surface area (Å²) < 4.78 is 5.68. The fraction of sp³-hybridized carbons (Fsp3) is 0.643. The van der Waals surface area contributed by atoms with Gasteiger partial charge < -0.3 is 4.74 Å². The van der Waals surface area contributed by atoms with Gasteiger partial charge in [0.15, 0.2) is 0 Å². The van der Waals surface area contributed by atoms with E-state index in [0.717, 1.165) is 0 Å². The van der Waals surface area contributed by atoms with E-state index in [9.17, 15) is 4.79 Å². The van der Waals surface area contributed by atoms with Gasteiger partial charge in [-0.3, -0.25) is 4.79 Å². The lowest BCUT2D eigenvalue weighted by atomic mass is 9.80. The molecule has 1 saturated carbocycles. The summed E-state index contributed by atoms with van der Waals surface area (Å²) in [6.07, 6.45) is 14.4. The Hall–Kier alpha value is -1.05. The predicted octanol–water partition coefficient (Wildman–Crippen LogP) is 3.38. The maximum Gasteiger partial charge on any atom is 0.137 e. The van der Waals surface area contributed by atoms with Gasteiger partial charge in [-0.15, -0.1) is 0 Å². The summed E-state index contributed by atoms with van der Waals surface area (Å²) >= 11 is 0. The van der Waals surface area contributed by atoms with Crippen molar-refractivity contribution >= 4 is 5.78 Å². The molecule has 0 aromatic heterocycles. The molecule has 2 heteroatoms. The van der Waals surface area contributed by atoms with E-state index in [1.807, 2.05) is 12.2 Å². The number of rotatable bonds is 3. The first kappa shape index (κ1) is 11.4. The zero-order chi connectivity index (χ0) is 11.4. The summed E-state index contributed by atoms with van der Waals surface area (Å²) in [4.78, 5) is 11.4. The number of ether oxygens (including phenoxy) is 1. The lowest BCUT2D eigenvalue weighted by molar-refractivity contribution is -0.119. The molecule has 2 aliphatic carbocycles. The van der Waals surface area contributed by atoms with Crippen LogP contribution in [0.1, 0.15) is 45.4 Å². The lowest BCUT2D eigenvalue weighted by Crippen LogP contribution is -2.19. The number of ketones is 1. The molecule has 1 fully saturated rings. The van der Waals surface area contributed by atoms with Crippen LogP contribution in [0.4, 0.5) is 0 Å². The molecule has 2 nitrogen and oxygen atoms in total. The second-order valence-corrected chi connectivity index (χ2v) is 5.17. The molecular formula is C14H20O2. The van der Waals surface area contributed by atoms with E-state index < -0.39 is 0 Å². The van der Waals surface area contributed by atoms with E-state index >= 15 is 0 Å². The molecule has 1 unspecified atom stereocenters. The maximum absolute atomic E-state index is 11.4. The van der Waals surface area contributed by atoms with Crippen LogP contribution < -0.4 is 0 Å². The van der Waals surface area contributed by atoms with Crippen molar-refractivity contribution in [3.05, 3.63) is 24.5 Å². The molecule has 2 aliphatic rings. The minimum Gasteiger partial charge on any atom is -0.498 e. The number of hydrogen-bond acceptors (Lipinski definition) is 2. The van der Waals surface area contributed by atoms with E-state index in [0.29, 0.717) is 24.7 Å². The third-order valence-electron chi connectivity index (χ3n) is 3.44. The number of Topliss-reactive ketones (excluding diaryl/α,β-unsaturated/α-hetero) is 1. The van der Waals surface area contributed by atoms with Crippen LogP contribution >= 0.6 is 0 Å². The Bertz CT molecular complexity index is 311. The molecule has 2 rings (SSSR count). The van der Waals surface area contributed by atoms with Crippen LogP contribution in [0, 0.1) is 5.41 Å². The minimum absolute atomic E-state index is 0.131. The van der Waals surface area contributed by atoms with Crippen LogP contribution in [0.2, 0.25) is 0 Å². The van der Waals surface area contributed by atoms with Gasteiger partial charge in [-0.2, -0.15) is 0 Å². The number of hydrogen-bond donors (Lipinski definition) is 0. The fourth-order valence-electron chi connectivity index (χ4n) is 2.46. The van der Waals surface area contributed by atoms with E-state index in [2.05, 4.69) is 13.0 Å². The molecule has 88 valence electrons. The van der Waals surface area contributed by atoms with Gasteiger partial charge in [0.05, 0.1) is 12.4 Å². The Morgan fingerprint density at radius 3 is 2.88 bits per heavy atom. The van der Waals surface area contributed by atoms with E-state index in [1.54, 1.807) is 6.26 Å². The Kier molecular flexibility index (Phi) is 3.47. The third-order valence-corrected chi connectivity index (χ3v) is 3.44. The second-order valence-electron chi connectivity index (χ2n) is 5.17. The molecule has 0 aliphatic heterocycles. The molecule has 0 spiro atoms. The van der Waals surface area contributed by atoms with Crippen LogP contribution in [-0.2, 0) is 9.53 Å². The summed E-state index contributed by atoms with van der Waals surface area (Å²) in [7, 11) is 0. The van der Waals surface area contributed by atoms with Crippen LogP contribution in [0.5, 0.6) is 0 Å². The van der Waals surface area contributed by atoms with Gasteiger partial charge in [0.1, 0.15) is 5.78 Å². The van der Waals surface area contributed by atoms with E-state index in [1.165, 1.54) is 25.7 Å². The highest BCUT2D eigenvalue weighted by molar-refractivity contribution is 5.82. The highest BCUT2D eigenvalue weighted by Gasteiger charge is 2.24. The van der Waals surface area contributed by atoms with Crippen molar-refractivity contribution in [2.75, 3.05) is 0 Å². The molecule has 0 amide bonds. The first-order valence-electron chi connectivity index (χ1n) is 6.20. The van der Waals surface area contributed by atoms with Crippen molar-refractivity contribution in [1.29, 1.82) is 0 Å². The predicted molar refractivity (Wildman–Crippen MR) is 64.0 cm³/mol. The summed E-state index contributed by atoms with van der Waals surface area (Å²) in [5.41, 5.74) is -0.131. The Morgan fingerprint density at radius 1 is 1.44 bits per heavy atom. The normalized spacial score (nSPS) is 31.4. The smallest absolute Gasteiger partial charge is 0.137 e. The molecule has 0 bridgehead atoms. The molecule has 1 atom stereocenters. The van der Waals surface area contributed by atoms with Crippen molar-refractivity contribution in [2.24, 2.45) is 5.41 Å². The Labute approximate surface area is 97.4 Å². The average Bonchev–Trinajstić information content (AvgIpc) is 2.69. The highest BCUT2D eigenvalue weighted by atomic mass is 16.5. The molecular weight excluding hydrogens is 200 g/mol. The molecule has 0 aromatic rings. The Balaban J connectivity index is 1.87. The molecule has 0 N–H and O–H groups in total. The van der Waals surface area contributed by atoms with E-state index in [4.69, 9.17) is 4.74 Å². The van der Waals surface area contributed by atoms with Crippen molar-refractivity contribution in [1.82, 2.24) is 0 Å². The SMILES string of the molecule is CC1(C=COC2CCCC2)C=CCC(=O)C1. The monoisotopic (exact) mass is 220 g/mol. The van der Waals surface area contributed by atoms with Crippen LogP contribution in [-0.4, -0.2) is 11.9 Å². The third kappa shape index (κ3) is 2.97. The van der Waals surface area contributed by atoms with Gasteiger partial charge >= 0.3 is 0 Å². The lowest BCUT2D eigenvalue weighted by Gasteiger charge is -2.24. The van der Waals surface area contributed by atoms with Crippen molar-refractivity contribution in [2.45, 2.75) is 51.6 Å². The Morgan fingerprint density at radius 2 is 2.19 bits per heavy atom.